The van der Waals surface area contributed by atoms with E-state index >= 15 is 0 Å². The van der Waals surface area contributed by atoms with Crippen LogP contribution in [0.4, 0.5) is 17.6 Å². The van der Waals surface area contributed by atoms with Gasteiger partial charge in [0.2, 0.25) is 15.9 Å². The van der Waals surface area contributed by atoms with Crippen molar-refractivity contribution in [2.45, 2.75) is 17.1 Å². The first-order valence-electron chi connectivity index (χ1n) is 6.31. The minimum atomic E-state index is -4.60. The molecule has 0 aromatic heterocycles. The molecule has 1 saturated heterocycles. The highest BCUT2D eigenvalue weighted by molar-refractivity contribution is 8.00. The second-order valence-electron chi connectivity index (χ2n) is 4.67. The molecule has 1 aromatic rings. The number of carbonyl (C=O) groups is 1. The molecule has 11 heteroatoms. The van der Waals surface area contributed by atoms with Gasteiger partial charge < -0.3 is 5.32 Å². The average molecular weight is 372 g/mol. The van der Waals surface area contributed by atoms with Crippen molar-refractivity contribution in [3.63, 3.8) is 0 Å². The molecule has 1 N–H and O–H groups in total. The molecule has 1 amide bonds. The SMILES string of the molecule is O=C(NCC(F)(F)F)[C@@H]1CSCN1S(=O)(=O)c1ccccc1F. The number of carbonyl (C=O) groups excluding carboxylic acids is 1. The Bertz CT molecular complexity index is 694. The number of nitrogens with zero attached hydrogens (tertiary/aromatic N) is 1. The molecular formula is C12H12F4N2O3S2. The molecule has 0 spiro atoms. The van der Waals surface area contributed by atoms with Gasteiger partial charge in [0.15, 0.2) is 0 Å². The van der Waals surface area contributed by atoms with Crippen molar-refractivity contribution in [2.24, 2.45) is 0 Å². The Morgan fingerprint density at radius 3 is 2.61 bits per heavy atom. The number of hydrogen-bond donors (Lipinski definition) is 1. The summed E-state index contributed by atoms with van der Waals surface area (Å²) in [5.74, 6) is -2.19. The number of alkyl halides is 3. The van der Waals surface area contributed by atoms with E-state index in [-0.39, 0.29) is 11.6 Å². The van der Waals surface area contributed by atoms with Crippen LogP contribution in [0.15, 0.2) is 29.2 Å². The van der Waals surface area contributed by atoms with Crippen molar-refractivity contribution in [3.05, 3.63) is 30.1 Å². The number of halogens is 4. The molecule has 2 rings (SSSR count). The average Bonchev–Trinajstić information content (AvgIpc) is 2.94. The second-order valence-corrected chi connectivity index (χ2v) is 7.53. The van der Waals surface area contributed by atoms with E-state index in [0.29, 0.717) is 4.31 Å². The number of rotatable bonds is 4. The predicted octanol–water partition coefficient (Wildman–Crippen LogP) is 1.57. The summed E-state index contributed by atoms with van der Waals surface area (Å²) < 4.78 is 75.8. The van der Waals surface area contributed by atoms with Crippen LogP contribution in [0.25, 0.3) is 0 Å². The summed E-state index contributed by atoms with van der Waals surface area (Å²) >= 11 is 1.06. The van der Waals surface area contributed by atoms with Crippen LogP contribution in [0, 0.1) is 5.82 Å². The molecule has 0 saturated carbocycles. The maximum absolute atomic E-state index is 13.7. The molecule has 1 aliphatic heterocycles. The van der Waals surface area contributed by atoms with Gasteiger partial charge in [-0.05, 0) is 12.1 Å². The Hall–Kier alpha value is -1.33. The number of thioether (sulfide) groups is 1. The van der Waals surface area contributed by atoms with Gasteiger partial charge in [-0.1, -0.05) is 12.1 Å². The Morgan fingerprint density at radius 1 is 1.35 bits per heavy atom. The van der Waals surface area contributed by atoms with Crippen LogP contribution < -0.4 is 5.32 Å². The standard InChI is InChI=1S/C12H12F4N2O3S2/c13-8-3-1-2-4-10(8)23(20,21)18-7-22-5-9(18)11(19)17-6-12(14,15)16/h1-4,9H,5-7H2,(H,17,19)/t9-/m0/s1. The summed E-state index contributed by atoms with van der Waals surface area (Å²) in [4.78, 5) is 11.2. The third-order valence-electron chi connectivity index (χ3n) is 3.03. The van der Waals surface area contributed by atoms with Crippen molar-refractivity contribution in [3.8, 4) is 0 Å². The van der Waals surface area contributed by atoms with Gasteiger partial charge in [0.1, 0.15) is 23.3 Å². The molecule has 0 radical (unpaired) electrons. The van der Waals surface area contributed by atoms with Crippen molar-refractivity contribution in [1.82, 2.24) is 9.62 Å². The quantitative estimate of drug-likeness (QED) is 0.815. The fourth-order valence-electron chi connectivity index (χ4n) is 1.96. The van der Waals surface area contributed by atoms with E-state index in [1.807, 2.05) is 0 Å². The molecule has 1 aliphatic rings. The van der Waals surface area contributed by atoms with Crippen molar-refractivity contribution in [2.75, 3.05) is 18.2 Å². The monoisotopic (exact) mass is 372 g/mol. The molecule has 128 valence electrons. The number of hydrogen-bond acceptors (Lipinski definition) is 4. The van der Waals surface area contributed by atoms with Gasteiger partial charge in [-0.15, -0.1) is 11.8 Å². The zero-order chi connectivity index (χ0) is 17.3. The van der Waals surface area contributed by atoms with E-state index in [9.17, 15) is 30.8 Å². The zero-order valence-electron chi connectivity index (χ0n) is 11.5. The molecular weight excluding hydrogens is 360 g/mol. The summed E-state index contributed by atoms with van der Waals surface area (Å²) in [5.41, 5.74) is 0. The minimum absolute atomic E-state index is 0.00261. The molecule has 0 unspecified atom stereocenters. The summed E-state index contributed by atoms with van der Waals surface area (Å²) in [7, 11) is -4.32. The van der Waals surface area contributed by atoms with E-state index < -0.39 is 45.4 Å². The fraction of sp³-hybridized carbons (Fsp3) is 0.417. The third-order valence-corrected chi connectivity index (χ3v) is 6.09. The fourth-order valence-corrected chi connectivity index (χ4v) is 5.17. The van der Waals surface area contributed by atoms with Gasteiger partial charge in [0.05, 0.1) is 5.88 Å². The first kappa shape index (κ1) is 18.0. The van der Waals surface area contributed by atoms with Gasteiger partial charge in [-0.3, -0.25) is 4.79 Å². The summed E-state index contributed by atoms with van der Waals surface area (Å²) in [6.45, 7) is -1.55. The third kappa shape index (κ3) is 4.15. The van der Waals surface area contributed by atoms with Crippen LogP contribution in [0.5, 0.6) is 0 Å². The van der Waals surface area contributed by atoms with E-state index in [1.165, 1.54) is 12.1 Å². The molecule has 1 aromatic carbocycles. The lowest BCUT2D eigenvalue weighted by Crippen LogP contribution is -2.49. The van der Waals surface area contributed by atoms with Crippen molar-refractivity contribution in [1.29, 1.82) is 0 Å². The predicted molar refractivity (Wildman–Crippen MR) is 75.6 cm³/mol. The van der Waals surface area contributed by atoms with Crippen LogP contribution in [0.2, 0.25) is 0 Å². The van der Waals surface area contributed by atoms with Crippen molar-refractivity contribution < 1.29 is 30.8 Å². The van der Waals surface area contributed by atoms with E-state index in [4.69, 9.17) is 0 Å². The Balaban J connectivity index is 2.21. The van der Waals surface area contributed by atoms with Gasteiger partial charge in [-0.2, -0.15) is 17.5 Å². The first-order chi connectivity index (χ1) is 10.6. The van der Waals surface area contributed by atoms with Crippen LogP contribution in [0.1, 0.15) is 0 Å². The topological polar surface area (TPSA) is 66.5 Å². The van der Waals surface area contributed by atoms with Gasteiger partial charge in [0, 0.05) is 5.75 Å². The van der Waals surface area contributed by atoms with Gasteiger partial charge in [0.25, 0.3) is 0 Å². The van der Waals surface area contributed by atoms with Gasteiger partial charge >= 0.3 is 6.18 Å². The van der Waals surface area contributed by atoms with E-state index in [1.54, 1.807) is 5.32 Å². The maximum Gasteiger partial charge on any atom is 0.405 e. The number of benzene rings is 1. The lowest BCUT2D eigenvalue weighted by atomic mass is 10.3. The molecule has 5 nitrogen and oxygen atoms in total. The Kier molecular flexibility index (Phi) is 5.21. The molecule has 0 aliphatic carbocycles. The summed E-state index contributed by atoms with van der Waals surface area (Å²) in [6.07, 6.45) is -4.60. The number of amides is 1. The van der Waals surface area contributed by atoms with Crippen LogP contribution in [-0.2, 0) is 14.8 Å². The smallest absolute Gasteiger partial charge is 0.346 e. The Labute approximate surface area is 134 Å². The second kappa shape index (κ2) is 6.65. The minimum Gasteiger partial charge on any atom is -0.346 e. The molecule has 1 fully saturated rings. The highest BCUT2D eigenvalue weighted by Crippen LogP contribution is 2.29. The lowest BCUT2D eigenvalue weighted by molar-refractivity contribution is -0.140. The summed E-state index contributed by atoms with van der Waals surface area (Å²) in [6, 6.07) is 3.30. The van der Waals surface area contributed by atoms with Crippen LogP contribution in [-0.4, -0.2) is 49.0 Å². The largest absolute Gasteiger partial charge is 0.405 e. The van der Waals surface area contributed by atoms with Crippen LogP contribution >= 0.6 is 11.8 Å². The van der Waals surface area contributed by atoms with E-state index in [0.717, 1.165) is 23.9 Å². The summed E-state index contributed by atoms with van der Waals surface area (Å²) in [5, 5.41) is 1.66. The van der Waals surface area contributed by atoms with Crippen LogP contribution in [0.3, 0.4) is 0 Å². The zero-order valence-corrected chi connectivity index (χ0v) is 13.1. The molecule has 23 heavy (non-hydrogen) atoms. The molecule has 0 bridgehead atoms. The van der Waals surface area contributed by atoms with Crippen molar-refractivity contribution >= 4 is 27.7 Å². The number of nitrogens with one attached hydrogen (secondary N) is 1. The molecule has 1 heterocycles. The van der Waals surface area contributed by atoms with E-state index in [2.05, 4.69) is 0 Å². The normalized spacial score (nSPS) is 19.7. The molecule has 1 atom stereocenters. The van der Waals surface area contributed by atoms with Gasteiger partial charge in [-0.25, -0.2) is 12.8 Å². The number of sulfonamides is 1. The maximum atomic E-state index is 13.7. The highest BCUT2D eigenvalue weighted by Gasteiger charge is 2.41. The Morgan fingerprint density at radius 2 is 2.00 bits per heavy atom. The highest BCUT2D eigenvalue weighted by atomic mass is 32.2. The lowest BCUT2D eigenvalue weighted by Gasteiger charge is -2.23. The first-order valence-corrected chi connectivity index (χ1v) is 8.91.